The molecule has 0 spiro atoms. The van der Waals surface area contributed by atoms with Gasteiger partial charge in [-0.25, -0.2) is 4.79 Å². The lowest BCUT2D eigenvalue weighted by molar-refractivity contribution is -0.132. The van der Waals surface area contributed by atoms with Crippen LogP contribution >= 0.6 is 0 Å². The Morgan fingerprint density at radius 2 is 2.07 bits per heavy atom. The van der Waals surface area contributed by atoms with Crippen molar-refractivity contribution < 1.29 is 15.0 Å². The second-order valence-corrected chi connectivity index (χ2v) is 4.17. The number of nitrogens with one attached hydrogen (secondary N) is 1. The van der Waals surface area contributed by atoms with Gasteiger partial charge in [0, 0.05) is 17.7 Å². The van der Waals surface area contributed by atoms with Gasteiger partial charge < -0.3 is 15.5 Å². The van der Waals surface area contributed by atoms with E-state index in [9.17, 15) is 9.90 Å². The van der Waals surface area contributed by atoms with E-state index >= 15 is 0 Å². The van der Waals surface area contributed by atoms with Gasteiger partial charge in [-0.1, -0.05) is 13.0 Å². The van der Waals surface area contributed by atoms with Crippen LogP contribution in [0.2, 0.25) is 0 Å². The van der Waals surface area contributed by atoms with E-state index in [1.165, 1.54) is 0 Å². The smallest absolute Gasteiger partial charge is 0.331 e. The maximum absolute atomic E-state index is 10.7. The molecule has 1 unspecified atom stereocenters. The summed E-state index contributed by atoms with van der Waals surface area (Å²) in [6, 6.07) is 0. The zero-order valence-electron chi connectivity index (χ0n) is 9.87. The van der Waals surface area contributed by atoms with Crippen molar-refractivity contribution in [2.45, 2.75) is 45.8 Å². The number of hydrogen-bond donors (Lipinski definition) is 3. The van der Waals surface area contributed by atoms with Gasteiger partial charge in [0.2, 0.25) is 0 Å². The van der Waals surface area contributed by atoms with Crippen LogP contribution in [-0.2, 0) is 4.79 Å². The minimum atomic E-state index is -0.880. The predicted octanol–water partition coefficient (Wildman–Crippen LogP) is 1.16. The number of hydrogen-bond acceptors (Lipinski definition) is 3. The topological polar surface area (TPSA) is 69.6 Å². The summed E-state index contributed by atoms with van der Waals surface area (Å²) in [4.78, 5) is 10.7. The summed E-state index contributed by atoms with van der Waals surface area (Å²) in [5, 5.41) is 21.3. The van der Waals surface area contributed by atoms with Gasteiger partial charge in [0.25, 0.3) is 0 Å². The lowest BCUT2D eigenvalue weighted by Crippen LogP contribution is -2.48. The van der Waals surface area contributed by atoms with Crippen LogP contribution < -0.4 is 5.32 Å². The molecule has 0 bridgehead atoms. The fraction of sp³-hybridized carbons (Fsp3) is 0.727. The maximum atomic E-state index is 10.7. The highest BCUT2D eigenvalue weighted by Gasteiger charge is 2.22. The molecule has 0 aliphatic heterocycles. The Labute approximate surface area is 91.0 Å². The summed E-state index contributed by atoms with van der Waals surface area (Å²) in [7, 11) is 0. The van der Waals surface area contributed by atoms with Crippen molar-refractivity contribution in [2.75, 3.05) is 6.54 Å². The van der Waals surface area contributed by atoms with Crippen LogP contribution in [0.3, 0.4) is 0 Å². The summed E-state index contributed by atoms with van der Waals surface area (Å²) >= 11 is 0. The van der Waals surface area contributed by atoms with E-state index < -0.39 is 17.6 Å². The van der Waals surface area contributed by atoms with Crippen LogP contribution in [0.15, 0.2) is 11.6 Å². The Morgan fingerprint density at radius 3 is 2.40 bits per heavy atom. The molecule has 15 heavy (non-hydrogen) atoms. The third-order valence-electron chi connectivity index (χ3n) is 2.61. The normalized spacial score (nSPS) is 15.1. The van der Waals surface area contributed by atoms with E-state index in [1.807, 2.05) is 13.8 Å². The third-order valence-corrected chi connectivity index (χ3v) is 2.61. The van der Waals surface area contributed by atoms with Crippen molar-refractivity contribution in [3.63, 3.8) is 0 Å². The van der Waals surface area contributed by atoms with E-state index in [0.717, 1.165) is 0 Å². The first-order valence-corrected chi connectivity index (χ1v) is 5.16. The molecule has 88 valence electrons. The molecule has 4 nitrogen and oxygen atoms in total. The van der Waals surface area contributed by atoms with Crippen molar-refractivity contribution in [1.29, 1.82) is 0 Å². The Bertz CT molecular complexity index is 244. The Hall–Kier alpha value is -0.870. The highest BCUT2D eigenvalue weighted by molar-refractivity contribution is 5.86. The highest BCUT2D eigenvalue weighted by Crippen LogP contribution is 2.08. The lowest BCUT2D eigenvalue weighted by Gasteiger charge is -2.29. The monoisotopic (exact) mass is 215 g/mol. The number of aliphatic hydroxyl groups is 1. The maximum Gasteiger partial charge on any atom is 0.331 e. The van der Waals surface area contributed by atoms with Crippen LogP contribution in [0.25, 0.3) is 0 Å². The number of carboxylic acids is 1. The van der Waals surface area contributed by atoms with E-state index in [-0.39, 0.29) is 0 Å². The summed E-state index contributed by atoms with van der Waals surface area (Å²) in [6.45, 7) is 7.71. The first-order valence-electron chi connectivity index (χ1n) is 5.16. The van der Waals surface area contributed by atoms with Gasteiger partial charge >= 0.3 is 5.97 Å². The average molecular weight is 215 g/mol. The van der Waals surface area contributed by atoms with Crippen LogP contribution in [-0.4, -0.2) is 34.4 Å². The van der Waals surface area contributed by atoms with Gasteiger partial charge in [-0.2, -0.15) is 0 Å². The second-order valence-electron chi connectivity index (χ2n) is 4.17. The van der Waals surface area contributed by atoms with Gasteiger partial charge in [0.1, 0.15) is 0 Å². The number of aliphatic carboxylic acids is 1. The fourth-order valence-electron chi connectivity index (χ4n) is 0.968. The molecule has 0 amide bonds. The zero-order chi connectivity index (χ0) is 12.1. The van der Waals surface area contributed by atoms with Crippen molar-refractivity contribution in [3.8, 4) is 0 Å². The minimum Gasteiger partial charge on any atom is -0.478 e. The molecule has 0 heterocycles. The van der Waals surface area contributed by atoms with Gasteiger partial charge in [-0.15, -0.1) is 0 Å². The molecule has 1 atom stereocenters. The van der Waals surface area contributed by atoms with Crippen molar-refractivity contribution in [3.05, 3.63) is 11.6 Å². The van der Waals surface area contributed by atoms with E-state index in [2.05, 4.69) is 5.32 Å². The molecule has 0 saturated carbocycles. The molecule has 0 aliphatic carbocycles. The minimum absolute atomic E-state index is 0.392. The molecule has 4 heteroatoms. The largest absolute Gasteiger partial charge is 0.478 e. The first-order chi connectivity index (χ1) is 6.81. The SMILES string of the molecule is CCC(=CCNC(C)(C)C(C)O)C(=O)O. The summed E-state index contributed by atoms with van der Waals surface area (Å²) < 4.78 is 0. The molecule has 0 aliphatic rings. The third kappa shape index (κ3) is 4.95. The quantitative estimate of drug-likeness (QED) is 0.581. The van der Waals surface area contributed by atoms with Crippen molar-refractivity contribution in [2.24, 2.45) is 0 Å². The molecule has 0 saturated heterocycles. The van der Waals surface area contributed by atoms with E-state index in [4.69, 9.17) is 5.11 Å². The van der Waals surface area contributed by atoms with Gasteiger partial charge in [-0.05, 0) is 27.2 Å². The molecule has 0 aromatic heterocycles. The van der Waals surface area contributed by atoms with Gasteiger partial charge in [-0.3, -0.25) is 0 Å². The first kappa shape index (κ1) is 14.1. The lowest BCUT2D eigenvalue weighted by atomic mass is 9.99. The number of carbonyl (C=O) groups is 1. The van der Waals surface area contributed by atoms with Crippen LogP contribution in [0.1, 0.15) is 34.1 Å². The summed E-state index contributed by atoms with van der Waals surface area (Å²) in [6.07, 6.45) is 1.67. The van der Waals surface area contributed by atoms with Crippen LogP contribution in [0.4, 0.5) is 0 Å². The molecule has 3 N–H and O–H groups in total. The van der Waals surface area contributed by atoms with Crippen LogP contribution in [0, 0.1) is 0 Å². The molecule has 0 rings (SSSR count). The van der Waals surface area contributed by atoms with Gasteiger partial charge in [0.05, 0.1) is 6.10 Å². The number of rotatable bonds is 6. The van der Waals surface area contributed by atoms with E-state index in [1.54, 1.807) is 19.9 Å². The molecule has 0 aromatic carbocycles. The fourth-order valence-corrected chi connectivity index (χ4v) is 0.968. The Kier molecular flexibility index (Phi) is 5.54. The number of carboxylic acid groups (broad SMARTS) is 1. The van der Waals surface area contributed by atoms with Gasteiger partial charge in [0.15, 0.2) is 0 Å². The molecule has 0 radical (unpaired) electrons. The molecule has 0 aromatic rings. The van der Waals surface area contributed by atoms with Crippen molar-refractivity contribution >= 4 is 5.97 Å². The highest BCUT2D eigenvalue weighted by atomic mass is 16.4. The standard InChI is InChI=1S/C11H21NO3/c1-5-9(10(14)15)6-7-12-11(3,4)8(2)13/h6,8,12-13H,5,7H2,1-4H3,(H,14,15). The van der Waals surface area contributed by atoms with E-state index in [0.29, 0.717) is 18.5 Å². The molecular weight excluding hydrogens is 194 g/mol. The van der Waals surface area contributed by atoms with Crippen LogP contribution in [0.5, 0.6) is 0 Å². The zero-order valence-corrected chi connectivity index (χ0v) is 9.87. The summed E-state index contributed by atoms with van der Waals surface area (Å²) in [5.41, 5.74) is -0.0164. The Balaban J connectivity index is 4.23. The predicted molar refractivity (Wildman–Crippen MR) is 59.8 cm³/mol. The number of aliphatic hydroxyl groups excluding tert-OH is 1. The average Bonchev–Trinajstić information content (AvgIpc) is 2.11. The van der Waals surface area contributed by atoms with Crippen molar-refractivity contribution in [1.82, 2.24) is 5.32 Å². The second kappa shape index (κ2) is 5.88. The molecule has 0 fully saturated rings. The summed E-state index contributed by atoms with van der Waals surface area (Å²) in [5.74, 6) is -0.880. The Morgan fingerprint density at radius 1 is 1.53 bits per heavy atom. The molecular formula is C11H21NO3.